The lowest BCUT2D eigenvalue weighted by molar-refractivity contribution is -0.123. The molecule has 266 valence electrons. The van der Waals surface area contributed by atoms with Gasteiger partial charge in [0.15, 0.2) is 11.5 Å². The summed E-state index contributed by atoms with van der Waals surface area (Å²) in [6.45, 7) is 10.1. The monoisotopic (exact) mass is 683 g/mol. The van der Waals surface area contributed by atoms with Crippen LogP contribution < -0.4 is 35.6 Å². The molecule has 0 radical (unpaired) electrons. The number of methoxy groups -OCH3 is 3. The highest BCUT2D eigenvalue weighted by Gasteiger charge is 2.30. The van der Waals surface area contributed by atoms with Crippen molar-refractivity contribution in [3.05, 3.63) is 75.7 Å². The summed E-state index contributed by atoms with van der Waals surface area (Å²) in [6.07, 6.45) is 2.42. The van der Waals surface area contributed by atoms with Crippen LogP contribution in [0.5, 0.6) is 17.2 Å². The highest BCUT2D eigenvalue weighted by atomic mass is 16.5. The van der Waals surface area contributed by atoms with Crippen molar-refractivity contribution in [3.8, 4) is 28.4 Å². The van der Waals surface area contributed by atoms with Crippen LogP contribution in [-0.2, 0) is 22.4 Å². The zero-order valence-corrected chi connectivity index (χ0v) is 30.3. The fraction of sp³-hybridized carbons (Fsp3) is 0.436. The molecule has 0 spiro atoms. The van der Waals surface area contributed by atoms with E-state index in [4.69, 9.17) is 19.2 Å². The van der Waals surface area contributed by atoms with Gasteiger partial charge in [-0.05, 0) is 79.6 Å². The maximum absolute atomic E-state index is 14.0. The SMILES string of the molecule is CCC(C)C(Nc1ccc2c(cc1=O)C(NC(C)=O)CCc1cc(OC)c(OC)c(OC)c1-2)C(=O)NCCc1nc2ccccc2n1C(C)C. The molecular weight excluding hydrogens is 634 g/mol. The first kappa shape index (κ1) is 36.2. The summed E-state index contributed by atoms with van der Waals surface area (Å²) in [6, 6.07) is 14.2. The molecule has 11 heteroatoms. The molecule has 1 heterocycles. The Kier molecular flexibility index (Phi) is 11.3. The third-order valence-electron chi connectivity index (χ3n) is 9.56. The molecule has 2 amide bonds. The number of aromatic nitrogens is 2. The second kappa shape index (κ2) is 15.7. The topological polar surface area (TPSA) is 133 Å². The van der Waals surface area contributed by atoms with Gasteiger partial charge < -0.3 is 34.7 Å². The van der Waals surface area contributed by atoms with Gasteiger partial charge in [0, 0.05) is 31.5 Å². The predicted octanol–water partition coefficient (Wildman–Crippen LogP) is 5.98. The number of carbonyl (C=O) groups is 2. The zero-order valence-electron chi connectivity index (χ0n) is 30.3. The maximum atomic E-state index is 14.0. The average molecular weight is 684 g/mol. The molecule has 50 heavy (non-hydrogen) atoms. The molecule has 0 aliphatic heterocycles. The number of hydrogen-bond donors (Lipinski definition) is 3. The van der Waals surface area contributed by atoms with Gasteiger partial charge in [-0.1, -0.05) is 38.5 Å². The van der Waals surface area contributed by atoms with Crippen LogP contribution in [0.25, 0.3) is 22.2 Å². The molecular formula is C39H49N5O6. The van der Waals surface area contributed by atoms with E-state index in [1.54, 1.807) is 33.5 Å². The summed E-state index contributed by atoms with van der Waals surface area (Å²) in [5.74, 6) is 1.86. The molecule has 3 unspecified atom stereocenters. The number of fused-ring (bicyclic) bond motifs is 4. The van der Waals surface area contributed by atoms with E-state index >= 15 is 0 Å². The molecule has 3 aromatic carbocycles. The average Bonchev–Trinajstić information content (AvgIpc) is 3.32. The number of anilines is 1. The molecule has 0 fully saturated rings. The van der Waals surface area contributed by atoms with E-state index in [9.17, 15) is 14.4 Å². The molecule has 1 aliphatic rings. The number of imidazole rings is 1. The van der Waals surface area contributed by atoms with E-state index in [2.05, 4.69) is 40.4 Å². The standard InChI is InChI=1S/C39H49N5O6/c1-9-23(4)36(39(47)40-19-18-34-42-29-12-10-11-13-31(29)44(34)22(2)3)43-30-17-15-26-27(21-32(30)46)28(41-24(5)45)16-14-25-20-33(48-6)37(49-7)38(50-8)35(25)26/h10-13,15,17,20-23,28,36H,9,14,16,18-19H2,1-8H3,(H,40,47)(H,41,45)(H,43,46). The molecule has 11 nitrogen and oxygen atoms in total. The fourth-order valence-corrected chi connectivity index (χ4v) is 6.95. The van der Waals surface area contributed by atoms with Crippen molar-refractivity contribution in [2.45, 2.75) is 78.4 Å². The smallest absolute Gasteiger partial charge is 0.242 e. The van der Waals surface area contributed by atoms with Gasteiger partial charge in [0.25, 0.3) is 0 Å². The summed E-state index contributed by atoms with van der Waals surface area (Å²) >= 11 is 0. The highest BCUT2D eigenvalue weighted by molar-refractivity contribution is 5.86. The van der Waals surface area contributed by atoms with Gasteiger partial charge in [0.05, 0.1) is 44.1 Å². The number of benzene rings is 2. The van der Waals surface area contributed by atoms with E-state index in [1.165, 1.54) is 6.92 Å². The van der Waals surface area contributed by atoms with Gasteiger partial charge >= 0.3 is 0 Å². The van der Waals surface area contributed by atoms with Crippen molar-refractivity contribution in [1.82, 2.24) is 20.2 Å². The summed E-state index contributed by atoms with van der Waals surface area (Å²) in [4.78, 5) is 44.9. The molecule has 0 saturated carbocycles. The minimum atomic E-state index is -0.670. The van der Waals surface area contributed by atoms with Gasteiger partial charge in [0.2, 0.25) is 23.0 Å². The van der Waals surface area contributed by atoms with Crippen LogP contribution in [0.3, 0.4) is 0 Å². The van der Waals surface area contributed by atoms with Crippen molar-refractivity contribution in [2.24, 2.45) is 5.92 Å². The van der Waals surface area contributed by atoms with Crippen LogP contribution in [0, 0.1) is 5.92 Å². The number of ether oxygens (including phenoxy) is 3. The van der Waals surface area contributed by atoms with Crippen molar-refractivity contribution in [1.29, 1.82) is 0 Å². The Balaban J connectivity index is 1.49. The zero-order chi connectivity index (χ0) is 36.1. The number of nitrogens with zero attached hydrogens (tertiary/aromatic N) is 2. The first-order chi connectivity index (χ1) is 24.0. The van der Waals surface area contributed by atoms with Gasteiger partial charge in [-0.2, -0.15) is 0 Å². The number of aryl methyl sites for hydroxylation is 1. The number of para-hydroxylation sites is 2. The van der Waals surface area contributed by atoms with Crippen LogP contribution in [-0.4, -0.2) is 55.3 Å². The van der Waals surface area contributed by atoms with E-state index < -0.39 is 12.1 Å². The number of rotatable bonds is 13. The Morgan fingerprint density at radius 3 is 2.40 bits per heavy atom. The minimum absolute atomic E-state index is 0.0809. The van der Waals surface area contributed by atoms with Gasteiger partial charge in [-0.15, -0.1) is 0 Å². The maximum Gasteiger partial charge on any atom is 0.242 e. The van der Waals surface area contributed by atoms with Crippen LogP contribution in [0.4, 0.5) is 5.69 Å². The Morgan fingerprint density at radius 2 is 1.74 bits per heavy atom. The summed E-state index contributed by atoms with van der Waals surface area (Å²) < 4.78 is 19.4. The molecule has 1 aromatic heterocycles. The van der Waals surface area contributed by atoms with Crippen LogP contribution in [0.1, 0.15) is 76.5 Å². The van der Waals surface area contributed by atoms with E-state index in [0.717, 1.165) is 33.5 Å². The third kappa shape index (κ3) is 7.27. The molecule has 0 saturated heterocycles. The van der Waals surface area contributed by atoms with Crippen molar-refractivity contribution in [3.63, 3.8) is 0 Å². The van der Waals surface area contributed by atoms with Gasteiger partial charge in [-0.25, -0.2) is 4.98 Å². The Labute approximate surface area is 293 Å². The highest BCUT2D eigenvalue weighted by Crippen LogP contribution is 2.50. The van der Waals surface area contributed by atoms with E-state index in [-0.39, 0.29) is 34.9 Å². The van der Waals surface area contributed by atoms with Crippen molar-refractivity contribution >= 4 is 28.5 Å². The summed E-state index contributed by atoms with van der Waals surface area (Å²) in [5.41, 5.74) is 5.05. The molecule has 4 aromatic rings. The number of nitrogens with one attached hydrogen (secondary N) is 3. The van der Waals surface area contributed by atoms with Crippen LogP contribution in [0.15, 0.2) is 53.3 Å². The van der Waals surface area contributed by atoms with Crippen molar-refractivity contribution < 1.29 is 23.8 Å². The second-order valence-electron chi connectivity index (χ2n) is 13.1. The van der Waals surface area contributed by atoms with Gasteiger partial charge in [0.1, 0.15) is 11.9 Å². The number of hydrogen-bond acceptors (Lipinski definition) is 8. The molecule has 0 bridgehead atoms. The quantitative estimate of drug-likeness (QED) is 0.157. The molecule has 3 N–H and O–H groups in total. The lowest BCUT2D eigenvalue weighted by Crippen LogP contribution is -2.45. The van der Waals surface area contributed by atoms with Crippen LogP contribution >= 0.6 is 0 Å². The Morgan fingerprint density at radius 1 is 1.00 bits per heavy atom. The molecule has 3 atom stereocenters. The van der Waals surface area contributed by atoms with Crippen LogP contribution in [0.2, 0.25) is 0 Å². The predicted molar refractivity (Wildman–Crippen MR) is 196 cm³/mol. The lowest BCUT2D eigenvalue weighted by Gasteiger charge is -2.24. The Bertz CT molecular complexity index is 1940. The second-order valence-corrected chi connectivity index (χ2v) is 13.1. The fourth-order valence-electron chi connectivity index (χ4n) is 6.95. The largest absolute Gasteiger partial charge is 0.493 e. The Hall–Kier alpha value is -5.06. The van der Waals surface area contributed by atoms with E-state index in [0.29, 0.717) is 55.0 Å². The molecule has 1 aliphatic carbocycles. The normalized spacial score (nSPS) is 14.9. The lowest BCUT2D eigenvalue weighted by atomic mass is 9.95. The summed E-state index contributed by atoms with van der Waals surface area (Å²) in [5, 5.41) is 9.44. The summed E-state index contributed by atoms with van der Waals surface area (Å²) in [7, 11) is 4.69. The molecule has 5 rings (SSSR count). The first-order valence-corrected chi connectivity index (χ1v) is 17.3. The van der Waals surface area contributed by atoms with Gasteiger partial charge in [-0.3, -0.25) is 14.4 Å². The number of carbonyl (C=O) groups excluding carboxylic acids is 2. The minimum Gasteiger partial charge on any atom is -0.493 e. The first-order valence-electron chi connectivity index (χ1n) is 17.3. The van der Waals surface area contributed by atoms with E-state index in [1.807, 2.05) is 44.2 Å². The third-order valence-corrected chi connectivity index (χ3v) is 9.56. The van der Waals surface area contributed by atoms with Crippen molar-refractivity contribution in [2.75, 3.05) is 33.2 Å². The number of amides is 2.